The van der Waals surface area contributed by atoms with Gasteiger partial charge in [0.05, 0.1) is 11.1 Å². The van der Waals surface area contributed by atoms with E-state index in [1.807, 2.05) is 36.4 Å². The SMILES string of the molecule is OCc1ccc(OCc2cccc3ccccc23)c(Br)c1. The summed E-state index contributed by atoms with van der Waals surface area (Å²) in [6, 6.07) is 20.1. The van der Waals surface area contributed by atoms with Crippen LogP contribution in [0.5, 0.6) is 5.75 Å². The lowest BCUT2D eigenvalue weighted by Gasteiger charge is -2.11. The van der Waals surface area contributed by atoms with Crippen LogP contribution in [0.15, 0.2) is 65.1 Å². The Morgan fingerprint density at radius 3 is 2.57 bits per heavy atom. The molecule has 0 unspecified atom stereocenters. The van der Waals surface area contributed by atoms with Crippen LogP contribution in [0.1, 0.15) is 11.1 Å². The van der Waals surface area contributed by atoms with E-state index in [1.165, 1.54) is 10.8 Å². The summed E-state index contributed by atoms with van der Waals surface area (Å²) in [4.78, 5) is 0. The van der Waals surface area contributed by atoms with Crippen LogP contribution in [0, 0.1) is 0 Å². The molecule has 1 N–H and O–H groups in total. The number of aliphatic hydroxyl groups excluding tert-OH is 1. The predicted molar refractivity (Wildman–Crippen MR) is 88.3 cm³/mol. The first kappa shape index (κ1) is 14.1. The molecule has 3 rings (SSSR count). The first-order chi connectivity index (χ1) is 10.3. The second-order valence-electron chi connectivity index (χ2n) is 4.85. The van der Waals surface area contributed by atoms with Gasteiger partial charge in [-0.05, 0) is 50.0 Å². The van der Waals surface area contributed by atoms with Crippen molar-refractivity contribution >= 4 is 26.7 Å². The monoisotopic (exact) mass is 342 g/mol. The number of rotatable bonds is 4. The highest BCUT2D eigenvalue weighted by atomic mass is 79.9. The average molecular weight is 343 g/mol. The summed E-state index contributed by atoms with van der Waals surface area (Å²) in [6.07, 6.45) is 0. The fraction of sp³-hybridized carbons (Fsp3) is 0.111. The van der Waals surface area contributed by atoms with Crippen LogP contribution in [0.2, 0.25) is 0 Å². The second-order valence-corrected chi connectivity index (χ2v) is 5.70. The van der Waals surface area contributed by atoms with E-state index in [-0.39, 0.29) is 6.61 Å². The molecule has 3 heteroatoms. The van der Waals surface area contributed by atoms with E-state index in [9.17, 15) is 0 Å². The number of fused-ring (bicyclic) bond motifs is 1. The van der Waals surface area contributed by atoms with Crippen LogP contribution in [0.3, 0.4) is 0 Å². The van der Waals surface area contributed by atoms with E-state index in [0.29, 0.717) is 6.61 Å². The third-order valence-electron chi connectivity index (χ3n) is 3.44. The summed E-state index contributed by atoms with van der Waals surface area (Å²) in [6.45, 7) is 0.542. The highest BCUT2D eigenvalue weighted by Crippen LogP contribution is 2.28. The molecule has 0 bridgehead atoms. The first-order valence-electron chi connectivity index (χ1n) is 6.76. The second kappa shape index (κ2) is 6.29. The van der Waals surface area contributed by atoms with Crippen molar-refractivity contribution in [1.29, 1.82) is 0 Å². The number of hydrogen-bond donors (Lipinski definition) is 1. The van der Waals surface area contributed by atoms with Crippen LogP contribution in [0.4, 0.5) is 0 Å². The van der Waals surface area contributed by atoms with Gasteiger partial charge in [0.25, 0.3) is 0 Å². The van der Waals surface area contributed by atoms with Crippen LogP contribution in [-0.2, 0) is 13.2 Å². The first-order valence-corrected chi connectivity index (χ1v) is 7.56. The van der Waals surface area contributed by atoms with E-state index in [1.54, 1.807) is 0 Å². The zero-order valence-electron chi connectivity index (χ0n) is 11.4. The highest BCUT2D eigenvalue weighted by molar-refractivity contribution is 9.10. The molecular weight excluding hydrogens is 328 g/mol. The largest absolute Gasteiger partial charge is 0.488 e. The summed E-state index contributed by atoms with van der Waals surface area (Å²) in [5, 5.41) is 11.5. The van der Waals surface area contributed by atoms with Crippen molar-refractivity contribution in [2.24, 2.45) is 0 Å². The molecule has 0 fully saturated rings. The van der Waals surface area contributed by atoms with Crippen LogP contribution in [-0.4, -0.2) is 5.11 Å². The molecule has 0 aliphatic rings. The molecule has 106 valence electrons. The maximum absolute atomic E-state index is 9.12. The van der Waals surface area contributed by atoms with Crippen molar-refractivity contribution in [2.45, 2.75) is 13.2 Å². The lowest BCUT2D eigenvalue weighted by molar-refractivity contribution is 0.280. The number of benzene rings is 3. The van der Waals surface area contributed by atoms with Crippen molar-refractivity contribution < 1.29 is 9.84 Å². The molecule has 21 heavy (non-hydrogen) atoms. The van der Waals surface area contributed by atoms with E-state index in [4.69, 9.17) is 9.84 Å². The van der Waals surface area contributed by atoms with Gasteiger partial charge in [0.1, 0.15) is 12.4 Å². The van der Waals surface area contributed by atoms with Gasteiger partial charge in [-0.3, -0.25) is 0 Å². The van der Waals surface area contributed by atoms with E-state index in [0.717, 1.165) is 21.3 Å². The minimum Gasteiger partial charge on any atom is -0.488 e. The molecule has 3 aromatic rings. The van der Waals surface area contributed by atoms with Gasteiger partial charge in [-0.1, -0.05) is 48.5 Å². The molecule has 0 aliphatic heterocycles. The molecule has 0 heterocycles. The molecule has 0 aliphatic carbocycles. The maximum Gasteiger partial charge on any atom is 0.134 e. The number of ether oxygens (including phenoxy) is 1. The van der Waals surface area contributed by atoms with Crippen molar-refractivity contribution in [1.82, 2.24) is 0 Å². The molecule has 0 saturated heterocycles. The fourth-order valence-corrected chi connectivity index (χ4v) is 2.87. The number of halogens is 1. The molecule has 0 saturated carbocycles. The van der Waals surface area contributed by atoms with Crippen molar-refractivity contribution in [3.8, 4) is 5.75 Å². The van der Waals surface area contributed by atoms with Crippen LogP contribution in [0.25, 0.3) is 10.8 Å². The standard InChI is InChI=1S/C18H15BrO2/c19-17-10-13(11-20)8-9-18(17)21-12-15-6-3-5-14-4-1-2-7-16(14)15/h1-10,20H,11-12H2. The van der Waals surface area contributed by atoms with Gasteiger partial charge in [0.15, 0.2) is 0 Å². The highest BCUT2D eigenvalue weighted by Gasteiger charge is 2.05. The van der Waals surface area contributed by atoms with Gasteiger partial charge in [-0.25, -0.2) is 0 Å². The fourth-order valence-electron chi connectivity index (χ4n) is 2.33. The Hall–Kier alpha value is -1.84. The molecule has 0 aromatic heterocycles. The molecule has 0 spiro atoms. The Morgan fingerprint density at radius 2 is 1.76 bits per heavy atom. The Labute approximate surface area is 132 Å². The van der Waals surface area contributed by atoms with Gasteiger partial charge in [0.2, 0.25) is 0 Å². The summed E-state index contributed by atoms with van der Waals surface area (Å²) < 4.78 is 6.76. The molecule has 0 amide bonds. The maximum atomic E-state index is 9.12. The van der Waals surface area contributed by atoms with E-state index < -0.39 is 0 Å². The molecule has 2 nitrogen and oxygen atoms in total. The number of hydrogen-bond acceptors (Lipinski definition) is 2. The van der Waals surface area contributed by atoms with Gasteiger partial charge in [-0.15, -0.1) is 0 Å². The van der Waals surface area contributed by atoms with Crippen molar-refractivity contribution in [2.75, 3.05) is 0 Å². The lowest BCUT2D eigenvalue weighted by Crippen LogP contribution is -1.97. The molecule has 3 aromatic carbocycles. The minimum atomic E-state index is 0.0300. The zero-order valence-corrected chi connectivity index (χ0v) is 13.0. The smallest absolute Gasteiger partial charge is 0.134 e. The predicted octanol–water partition coefficient (Wildman–Crippen LogP) is 4.67. The summed E-state index contributed by atoms with van der Waals surface area (Å²) in [5.74, 6) is 0.778. The Balaban J connectivity index is 1.84. The molecule has 0 atom stereocenters. The third-order valence-corrected chi connectivity index (χ3v) is 4.06. The topological polar surface area (TPSA) is 29.5 Å². The van der Waals surface area contributed by atoms with E-state index in [2.05, 4.69) is 40.2 Å². The molecule has 0 radical (unpaired) electrons. The van der Waals surface area contributed by atoms with Crippen LogP contribution < -0.4 is 4.74 Å². The van der Waals surface area contributed by atoms with Gasteiger partial charge >= 0.3 is 0 Å². The minimum absolute atomic E-state index is 0.0300. The summed E-state index contributed by atoms with van der Waals surface area (Å²) in [5.41, 5.74) is 2.02. The zero-order chi connectivity index (χ0) is 14.7. The van der Waals surface area contributed by atoms with Gasteiger partial charge < -0.3 is 9.84 Å². The Morgan fingerprint density at radius 1 is 0.952 bits per heavy atom. The van der Waals surface area contributed by atoms with Gasteiger partial charge in [0, 0.05) is 0 Å². The van der Waals surface area contributed by atoms with E-state index >= 15 is 0 Å². The Bertz CT molecular complexity index is 763. The number of aliphatic hydroxyl groups is 1. The van der Waals surface area contributed by atoms with Crippen molar-refractivity contribution in [3.63, 3.8) is 0 Å². The lowest BCUT2D eigenvalue weighted by atomic mass is 10.1. The normalized spacial score (nSPS) is 10.8. The van der Waals surface area contributed by atoms with Gasteiger partial charge in [-0.2, -0.15) is 0 Å². The summed E-state index contributed by atoms with van der Waals surface area (Å²) in [7, 11) is 0. The van der Waals surface area contributed by atoms with Crippen molar-refractivity contribution in [3.05, 3.63) is 76.3 Å². The third kappa shape index (κ3) is 3.09. The molecular formula is C18H15BrO2. The quantitative estimate of drug-likeness (QED) is 0.746. The Kier molecular flexibility index (Phi) is 4.23. The van der Waals surface area contributed by atoms with Crippen LogP contribution >= 0.6 is 15.9 Å². The average Bonchev–Trinajstić information content (AvgIpc) is 2.53. The summed E-state index contributed by atoms with van der Waals surface area (Å²) >= 11 is 3.48.